The van der Waals surface area contributed by atoms with Gasteiger partial charge >= 0.3 is 6.09 Å². The molecule has 1 aliphatic carbocycles. The quantitative estimate of drug-likeness (QED) is 0.547. The van der Waals surface area contributed by atoms with Gasteiger partial charge in [-0.15, -0.1) is 0 Å². The van der Waals surface area contributed by atoms with E-state index >= 15 is 0 Å². The van der Waals surface area contributed by atoms with Crippen molar-refractivity contribution in [2.75, 3.05) is 19.7 Å². The van der Waals surface area contributed by atoms with E-state index in [9.17, 15) is 4.79 Å². The Balaban J connectivity index is 1.23. The molecule has 148 valence electrons. The molecule has 0 spiro atoms. The number of carbonyl (C=O) groups excluding carboxylic acids is 1. The van der Waals surface area contributed by atoms with Gasteiger partial charge in [-0.3, -0.25) is 4.68 Å². The molecule has 2 heterocycles. The van der Waals surface area contributed by atoms with Crippen LogP contribution >= 0.6 is 15.9 Å². The number of rotatable bonds is 3. The van der Waals surface area contributed by atoms with Crippen LogP contribution in [0.25, 0.3) is 11.1 Å². The third-order valence-electron chi connectivity index (χ3n) is 6.00. The Morgan fingerprint density at radius 3 is 2.24 bits per heavy atom. The third-order valence-corrected chi connectivity index (χ3v) is 6.41. The zero-order valence-corrected chi connectivity index (χ0v) is 17.6. The fourth-order valence-corrected chi connectivity index (χ4v) is 4.81. The van der Waals surface area contributed by atoms with Gasteiger partial charge in [-0.1, -0.05) is 48.5 Å². The number of hydrogen-bond donors (Lipinski definition) is 0. The minimum Gasteiger partial charge on any atom is -0.448 e. The van der Waals surface area contributed by atoms with Crippen LogP contribution in [0.1, 0.15) is 35.9 Å². The molecule has 2 aliphatic rings. The van der Waals surface area contributed by atoms with Crippen molar-refractivity contribution in [3.8, 4) is 11.1 Å². The molecule has 3 aromatic rings. The average molecular weight is 452 g/mol. The molecule has 1 aliphatic heterocycles. The zero-order chi connectivity index (χ0) is 19.8. The minimum absolute atomic E-state index is 0.102. The Labute approximate surface area is 178 Å². The topological polar surface area (TPSA) is 47.4 Å². The Bertz CT molecular complexity index is 994. The predicted octanol–water partition coefficient (Wildman–Crippen LogP) is 5.23. The van der Waals surface area contributed by atoms with Gasteiger partial charge in [0.25, 0.3) is 0 Å². The standard InChI is InChI=1S/C23H22BrN3O2/c24-16-13-25-27(14-16)17-9-11-26(12-10-17)23(28)29-15-22-20-7-3-1-5-18(20)19-6-2-4-8-21(19)22/h1-8,13-14,17,22H,9-12,15H2. The fraction of sp³-hybridized carbons (Fsp3) is 0.304. The summed E-state index contributed by atoms with van der Waals surface area (Å²) in [5.74, 6) is 0.102. The molecular formula is C23H22BrN3O2. The smallest absolute Gasteiger partial charge is 0.409 e. The van der Waals surface area contributed by atoms with Gasteiger partial charge in [-0.05, 0) is 51.0 Å². The normalized spacial score (nSPS) is 16.5. The maximum Gasteiger partial charge on any atom is 0.409 e. The van der Waals surface area contributed by atoms with E-state index in [1.165, 1.54) is 22.3 Å². The van der Waals surface area contributed by atoms with Crippen LogP contribution in [0.3, 0.4) is 0 Å². The highest BCUT2D eigenvalue weighted by Gasteiger charge is 2.30. The van der Waals surface area contributed by atoms with Crippen molar-refractivity contribution in [2.45, 2.75) is 24.8 Å². The molecule has 0 radical (unpaired) electrons. The molecule has 29 heavy (non-hydrogen) atoms. The summed E-state index contributed by atoms with van der Waals surface area (Å²) in [4.78, 5) is 14.5. The predicted molar refractivity (Wildman–Crippen MR) is 115 cm³/mol. The number of piperidine rings is 1. The summed E-state index contributed by atoms with van der Waals surface area (Å²) in [5, 5.41) is 4.38. The molecule has 2 aromatic carbocycles. The van der Waals surface area contributed by atoms with E-state index < -0.39 is 0 Å². The van der Waals surface area contributed by atoms with Gasteiger partial charge in [-0.25, -0.2) is 4.79 Å². The van der Waals surface area contributed by atoms with Gasteiger partial charge in [0.05, 0.1) is 16.7 Å². The second-order valence-corrected chi connectivity index (χ2v) is 8.58. The SMILES string of the molecule is O=C(OCC1c2ccccc2-c2ccccc21)N1CCC(n2cc(Br)cn2)CC1. The number of nitrogens with zero attached hydrogens (tertiary/aromatic N) is 3. The van der Waals surface area contributed by atoms with Crippen LogP contribution in [0.15, 0.2) is 65.4 Å². The Hall–Kier alpha value is -2.60. The lowest BCUT2D eigenvalue weighted by Gasteiger charge is -2.31. The third kappa shape index (κ3) is 3.46. The molecule has 0 N–H and O–H groups in total. The summed E-state index contributed by atoms with van der Waals surface area (Å²) in [6.07, 6.45) is 5.36. The summed E-state index contributed by atoms with van der Waals surface area (Å²) in [6.45, 7) is 1.76. The number of aromatic nitrogens is 2. The van der Waals surface area contributed by atoms with Crippen molar-refractivity contribution in [1.29, 1.82) is 0 Å². The largest absolute Gasteiger partial charge is 0.448 e. The first-order valence-corrected chi connectivity index (χ1v) is 10.8. The van der Waals surface area contributed by atoms with Crippen LogP contribution in [0.5, 0.6) is 0 Å². The summed E-state index contributed by atoms with van der Waals surface area (Å²) >= 11 is 3.44. The molecule has 0 atom stereocenters. The maximum atomic E-state index is 12.7. The first-order valence-electron chi connectivity index (χ1n) is 10.0. The Morgan fingerprint density at radius 1 is 1.03 bits per heavy atom. The van der Waals surface area contributed by atoms with Crippen molar-refractivity contribution in [1.82, 2.24) is 14.7 Å². The summed E-state index contributed by atoms with van der Waals surface area (Å²) in [7, 11) is 0. The van der Waals surface area contributed by atoms with E-state index in [0.29, 0.717) is 25.7 Å². The van der Waals surface area contributed by atoms with Gasteiger partial charge in [0.2, 0.25) is 0 Å². The number of fused-ring (bicyclic) bond motifs is 3. The number of halogens is 1. The van der Waals surface area contributed by atoms with E-state index in [4.69, 9.17) is 4.74 Å². The number of amides is 1. The lowest BCUT2D eigenvalue weighted by atomic mass is 9.98. The zero-order valence-electron chi connectivity index (χ0n) is 16.0. The summed E-state index contributed by atoms with van der Waals surface area (Å²) < 4.78 is 8.75. The van der Waals surface area contributed by atoms with Crippen LogP contribution in [0.2, 0.25) is 0 Å². The molecule has 1 aromatic heterocycles. The number of carbonyl (C=O) groups is 1. The fourth-order valence-electron chi connectivity index (χ4n) is 4.51. The summed E-state index contributed by atoms with van der Waals surface area (Å²) in [5.41, 5.74) is 4.97. The van der Waals surface area contributed by atoms with Gasteiger partial charge in [0, 0.05) is 25.2 Å². The number of ether oxygens (including phenoxy) is 1. The molecule has 5 rings (SSSR count). The van der Waals surface area contributed by atoms with Gasteiger partial charge in [-0.2, -0.15) is 5.10 Å². The van der Waals surface area contributed by atoms with Gasteiger partial charge in [0.1, 0.15) is 6.61 Å². The van der Waals surface area contributed by atoms with Gasteiger partial charge in [0.15, 0.2) is 0 Å². The van der Waals surface area contributed by atoms with E-state index in [1.807, 2.05) is 15.8 Å². The van der Waals surface area contributed by atoms with Crippen LogP contribution in [0, 0.1) is 0 Å². The molecule has 1 saturated heterocycles. The lowest BCUT2D eigenvalue weighted by Crippen LogP contribution is -2.39. The molecule has 0 unspecified atom stereocenters. The van der Waals surface area contributed by atoms with Crippen molar-refractivity contribution < 1.29 is 9.53 Å². The van der Waals surface area contributed by atoms with Crippen molar-refractivity contribution >= 4 is 22.0 Å². The monoisotopic (exact) mass is 451 g/mol. The van der Waals surface area contributed by atoms with Gasteiger partial charge < -0.3 is 9.64 Å². The maximum absolute atomic E-state index is 12.7. The molecule has 6 heteroatoms. The van der Waals surface area contributed by atoms with E-state index in [1.54, 1.807) is 6.20 Å². The van der Waals surface area contributed by atoms with E-state index in [-0.39, 0.29) is 12.0 Å². The molecule has 0 saturated carbocycles. The molecule has 1 amide bonds. The molecule has 5 nitrogen and oxygen atoms in total. The first kappa shape index (κ1) is 18.4. The van der Waals surface area contributed by atoms with Crippen LogP contribution < -0.4 is 0 Å². The Morgan fingerprint density at radius 2 is 1.66 bits per heavy atom. The second kappa shape index (κ2) is 7.67. The van der Waals surface area contributed by atoms with Crippen molar-refractivity contribution in [3.05, 3.63) is 76.5 Å². The van der Waals surface area contributed by atoms with Crippen LogP contribution in [-0.4, -0.2) is 40.5 Å². The minimum atomic E-state index is -0.216. The highest BCUT2D eigenvalue weighted by atomic mass is 79.9. The Kier molecular flexibility index (Phi) is 4.87. The highest BCUT2D eigenvalue weighted by Crippen LogP contribution is 2.44. The molecule has 0 bridgehead atoms. The number of hydrogen-bond acceptors (Lipinski definition) is 3. The van der Waals surface area contributed by atoms with E-state index in [0.717, 1.165) is 17.3 Å². The van der Waals surface area contributed by atoms with Crippen molar-refractivity contribution in [2.24, 2.45) is 0 Å². The summed E-state index contributed by atoms with van der Waals surface area (Å²) in [6, 6.07) is 17.1. The van der Waals surface area contributed by atoms with Crippen molar-refractivity contribution in [3.63, 3.8) is 0 Å². The highest BCUT2D eigenvalue weighted by molar-refractivity contribution is 9.10. The molecule has 1 fully saturated rings. The lowest BCUT2D eigenvalue weighted by molar-refractivity contribution is 0.0853. The number of likely N-dealkylation sites (tertiary alicyclic amines) is 1. The van der Waals surface area contributed by atoms with E-state index in [2.05, 4.69) is 69.6 Å². The average Bonchev–Trinajstić information content (AvgIpc) is 3.34. The van der Waals surface area contributed by atoms with Crippen LogP contribution in [0.4, 0.5) is 4.79 Å². The molecular weight excluding hydrogens is 430 g/mol. The number of benzene rings is 2. The second-order valence-electron chi connectivity index (χ2n) is 7.66. The van der Waals surface area contributed by atoms with Crippen LogP contribution in [-0.2, 0) is 4.74 Å². The first-order chi connectivity index (χ1) is 14.2.